The van der Waals surface area contributed by atoms with Crippen LogP contribution in [0.3, 0.4) is 0 Å². The van der Waals surface area contributed by atoms with Crippen molar-refractivity contribution in [2.45, 2.75) is 12.8 Å². The number of benzene rings is 1. The standard InChI is InChI=1S/C18H19BrN2O5/c1-4-25-18(22)16-14(9-23-2)26-17(21)11(8-20)15(16)10-5-6-13(24-3)12(19)7-10/h5-7,15H,4,9,21H2,1-3H3/t15-/m1/s1. The van der Waals surface area contributed by atoms with Gasteiger partial charge in [0, 0.05) is 7.11 Å². The largest absolute Gasteiger partial charge is 0.496 e. The molecular formula is C18H19BrN2O5. The van der Waals surface area contributed by atoms with Crippen molar-refractivity contribution in [3.05, 3.63) is 51.0 Å². The van der Waals surface area contributed by atoms with Crippen molar-refractivity contribution in [3.63, 3.8) is 0 Å². The summed E-state index contributed by atoms with van der Waals surface area (Å²) < 4.78 is 21.7. The van der Waals surface area contributed by atoms with E-state index in [2.05, 4.69) is 15.9 Å². The molecule has 0 amide bonds. The summed E-state index contributed by atoms with van der Waals surface area (Å²) in [7, 11) is 3.02. The van der Waals surface area contributed by atoms with Gasteiger partial charge in [-0.15, -0.1) is 0 Å². The fraction of sp³-hybridized carbons (Fsp3) is 0.333. The molecule has 0 spiro atoms. The van der Waals surface area contributed by atoms with E-state index in [0.29, 0.717) is 15.8 Å². The Labute approximate surface area is 160 Å². The van der Waals surface area contributed by atoms with Gasteiger partial charge in [0.1, 0.15) is 29.8 Å². The summed E-state index contributed by atoms with van der Waals surface area (Å²) >= 11 is 3.42. The van der Waals surface area contributed by atoms with Crippen LogP contribution in [0.4, 0.5) is 0 Å². The molecule has 1 heterocycles. The van der Waals surface area contributed by atoms with Crippen LogP contribution in [0.15, 0.2) is 45.5 Å². The van der Waals surface area contributed by atoms with E-state index >= 15 is 0 Å². The molecule has 26 heavy (non-hydrogen) atoms. The number of rotatable bonds is 6. The Balaban J connectivity index is 2.67. The lowest BCUT2D eigenvalue weighted by Crippen LogP contribution is -2.27. The molecule has 0 fully saturated rings. The highest BCUT2D eigenvalue weighted by atomic mass is 79.9. The number of hydrogen-bond donors (Lipinski definition) is 1. The topological polar surface area (TPSA) is 104 Å². The zero-order chi connectivity index (χ0) is 19.3. The van der Waals surface area contributed by atoms with Gasteiger partial charge in [-0.2, -0.15) is 5.26 Å². The van der Waals surface area contributed by atoms with Crippen molar-refractivity contribution >= 4 is 21.9 Å². The number of esters is 1. The van der Waals surface area contributed by atoms with Gasteiger partial charge in [-0.1, -0.05) is 6.07 Å². The highest BCUT2D eigenvalue weighted by Crippen LogP contribution is 2.41. The van der Waals surface area contributed by atoms with Gasteiger partial charge >= 0.3 is 5.97 Å². The number of hydrogen-bond acceptors (Lipinski definition) is 7. The second-order valence-corrected chi connectivity index (χ2v) is 6.16. The van der Waals surface area contributed by atoms with E-state index in [9.17, 15) is 10.1 Å². The van der Waals surface area contributed by atoms with Gasteiger partial charge in [0.15, 0.2) is 0 Å². The van der Waals surface area contributed by atoms with Crippen molar-refractivity contribution < 1.29 is 23.7 Å². The second-order valence-electron chi connectivity index (χ2n) is 5.31. The van der Waals surface area contributed by atoms with E-state index in [1.54, 1.807) is 32.2 Å². The quantitative estimate of drug-likeness (QED) is 0.702. The number of nitrogens with zero attached hydrogens (tertiary/aromatic N) is 1. The smallest absolute Gasteiger partial charge is 0.338 e. The molecular weight excluding hydrogens is 404 g/mol. The normalized spacial score (nSPS) is 16.8. The first-order valence-corrected chi connectivity index (χ1v) is 8.57. The fourth-order valence-corrected chi connectivity index (χ4v) is 3.24. The summed E-state index contributed by atoms with van der Waals surface area (Å²) in [6, 6.07) is 7.30. The average Bonchev–Trinajstić information content (AvgIpc) is 2.61. The maximum Gasteiger partial charge on any atom is 0.338 e. The first-order chi connectivity index (χ1) is 12.5. The van der Waals surface area contributed by atoms with Crippen molar-refractivity contribution in [1.82, 2.24) is 0 Å². The lowest BCUT2D eigenvalue weighted by atomic mass is 9.83. The number of carbonyl (C=O) groups is 1. The summed E-state index contributed by atoms with van der Waals surface area (Å²) in [5.74, 6) is -0.545. The number of allylic oxidation sites excluding steroid dienone is 1. The molecule has 7 nitrogen and oxygen atoms in total. The van der Waals surface area contributed by atoms with E-state index in [-0.39, 0.29) is 36.0 Å². The first-order valence-electron chi connectivity index (χ1n) is 7.78. The summed E-state index contributed by atoms with van der Waals surface area (Å²) in [5, 5.41) is 9.60. The first kappa shape index (κ1) is 19.8. The monoisotopic (exact) mass is 422 g/mol. The molecule has 0 aromatic heterocycles. The zero-order valence-electron chi connectivity index (χ0n) is 14.7. The molecule has 8 heteroatoms. The third kappa shape index (κ3) is 3.84. The molecule has 0 unspecified atom stereocenters. The highest BCUT2D eigenvalue weighted by Gasteiger charge is 2.37. The molecule has 0 saturated heterocycles. The van der Waals surface area contributed by atoms with Gasteiger partial charge < -0.3 is 24.7 Å². The Morgan fingerprint density at radius 3 is 2.69 bits per heavy atom. The number of carbonyl (C=O) groups excluding carboxylic acids is 1. The number of halogens is 1. The number of nitrogens with two attached hydrogens (primary N) is 1. The molecule has 0 aliphatic carbocycles. The van der Waals surface area contributed by atoms with Gasteiger partial charge in [-0.25, -0.2) is 4.79 Å². The van der Waals surface area contributed by atoms with Crippen LogP contribution in [0, 0.1) is 11.3 Å². The second kappa shape index (κ2) is 8.74. The minimum atomic E-state index is -0.736. The van der Waals surface area contributed by atoms with Crippen LogP contribution in [0.25, 0.3) is 0 Å². The molecule has 138 valence electrons. The molecule has 1 aromatic carbocycles. The predicted molar refractivity (Wildman–Crippen MR) is 96.9 cm³/mol. The number of methoxy groups -OCH3 is 2. The van der Waals surface area contributed by atoms with Crippen LogP contribution in [-0.4, -0.2) is 33.4 Å². The van der Waals surface area contributed by atoms with Crippen molar-refractivity contribution in [1.29, 1.82) is 5.26 Å². The Bertz CT molecular complexity index is 810. The van der Waals surface area contributed by atoms with Crippen LogP contribution in [0.1, 0.15) is 18.4 Å². The third-order valence-electron chi connectivity index (χ3n) is 3.78. The average molecular weight is 423 g/mol. The Hall–Kier alpha value is -2.50. The molecule has 1 atom stereocenters. The molecule has 1 aromatic rings. The van der Waals surface area contributed by atoms with Crippen molar-refractivity contribution in [2.75, 3.05) is 27.4 Å². The maximum atomic E-state index is 12.6. The van der Waals surface area contributed by atoms with Crippen LogP contribution in [0.5, 0.6) is 5.75 Å². The van der Waals surface area contributed by atoms with Gasteiger partial charge in [0.2, 0.25) is 5.88 Å². The van der Waals surface area contributed by atoms with E-state index in [0.717, 1.165) is 0 Å². The lowest BCUT2D eigenvalue weighted by Gasteiger charge is -2.28. The van der Waals surface area contributed by atoms with Gasteiger partial charge in [-0.05, 0) is 40.5 Å². The van der Waals surface area contributed by atoms with Gasteiger partial charge in [0.25, 0.3) is 0 Å². The number of ether oxygens (including phenoxy) is 4. The van der Waals surface area contributed by atoms with Crippen molar-refractivity contribution in [3.8, 4) is 11.8 Å². The lowest BCUT2D eigenvalue weighted by molar-refractivity contribution is -0.139. The van der Waals surface area contributed by atoms with Gasteiger partial charge in [0.05, 0.1) is 29.7 Å². The summed E-state index contributed by atoms with van der Waals surface area (Å²) in [4.78, 5) is 12.6. The van der Waals surface area contributed by atoms with Gasteiger partial charge in [-0.3, -0.25) is 0 Å². The summed E-state index contributed by atoms with van der Waals surface area (Å²) in [5.41, 5.74) is 6.91. The van der Waals surface area contributed by atoms with E-state index < -0.39 is 11.9 Å². The Morgan fingerprint density at radius 2 is 2.15 bits per heavy atom. The molecule has 0 saturated carbocycles. The highest BCUT2D eigenvalue weighted by molar-refractivity contribution is 9.10. The van der Waals surface area contributed by atoms with E-state index in [1.807, 2.05) is 6.07 Å². The van der Waals surface area contributed by atoms with Crippen LogP contribution in [0.2, 0.25) is 0 Å². The third-order valence-corrected chi connectivity index (χ3v) is 4.40. The summed E-state index contributed by atoms with van der Waals surface area (Å²) in [6.45, 7) is 1.90. The summed E-state index contributed by atoms with van der Waals surface area (Å²) in [6.07, 6.45) is 0. The molecule has 0 bridgehead atoms. The Kier molecular flexibility index (Phi) is 6.66. The molecule has 2 rings (SSSR count). The van der Waals surface area contributed by atoms with E-state index in [1.165, 1.54) is 7.11 Å². The molecule has 1 aliphatic rings. The van der Waals surface area contributed by atoms with Crippen LogP contribution < -0.4 is 10.5 Å². The minimum Gasteiger partial charge on any atom is -0.496 e. The van der Waals surface area contributed by atoms with E-state index in [4.69, 9.17) is 24.7 Å². The van der Waals surface area contributed by atoms with Crippen LogP contribution in [-0.2, 0) is 19.0 Å². The SMILES string of the molecule is CCOC(=O)C1=C(COC)OC(N)=C(C#N)[C@H]1c1ccc(OC)c(Br)c1. The van der Waals surface area contributed by atoms with Crippen molar-refractivity contribution in [2.24, 2.45) is 5.73 Å². The maximum absolute atomic E-state index is 12.6. The zero-order valence-corrected chi connectivity index (χ0v) is 16.3. The molecule has 1 aliphatic heterocycles. The fourth-order valence-electron chi connectivity index (χ4n) is 2.68. The van der Waals surface area contributed by atoms with Crippen LogP contribution >= 0.6 is 15.9 Å². The minimum absolute atomic E-state index is 0.0153. The predicted octanol–water partition coefficient (Wildman–Crippen LogP) is 2.73. The number of nitriles is 1. The molecule has 2 N–H and O–H groups in total. The molecule has 0 radical (unpaired) electrons. The Morgan fingerprint density at radius 1 is 1.42 bits per heavy atom.